The minimum absolute atomic E-state index is 0.0671. The van der Waals surface area contributed by atoms with Gasteiger partial charge in [0.25, 0.3) is 5.56 Å². The number of nitrogens with one attached hydrogen (secondary N) is 1. The molecule has 0 unspecified atom stereocenters. The first-order valence-electron chi connectivity index (χ1n) is 8.56. The molecule has 3 rings (SSSR count). The molecule has 0 amide bonds. The molecule has 3 atom stereocenters. The van der Waals surface area contributed by atoms with Crippen LogP contribution in [0.25, 0.3) is 11.4 Å². The van der Waals surface area contributed by atoms with E-state index < -0.39 is 0 Å². The zero-order valence-electron chi connectivity index (χ0n) is 14.1. The summed E-state index contributed by atoms with van der Waals surface area (Å²) < 4.78 is 0. The Bertz CT molecular complexity index is 708. The van der Waals surface area contributed by atoms with Gasteiger partial charge >= 0.3 is 0 Å². The Morgan fingerprint density at radius 2 is 1.96 bits per heavy atom. The highest BCUT2D eigenvalue weighted by atomic mass is 16.1. The van der Waals surface area contributed by atoms with Crippen molar-refractivity contribution in [2.45, 2.75) is 46.0 Å². The lowest BCUT2D eigenvalue weighted by atomic mass is 9.69. The number of hydrogen-bond donors (Lipinski definition) is 1. The highest BCUT2D eigenvalue weighted by molar-refractivity contribution is 5.53. The van der Waals surface area contributed by atoms with Crippen molar-refractivity contribution in [3.05, 3.63) is 46.6 Å². The van der Waals surface area contributed by atoms with Gasteiger partial charge in [0.1, 0.15) is 5.82 Å². The fourth-order valence-electron chi connectivity index (χ4n) is 3.86. The van der Waals surface area contributed by atoms with E-state index in [1.54, 1.807) is 18.5 Å². The number of rotatable bonds is 3. The third-order valence-corrected chi connectivity index (χ3v) is 5.12. The fourth-order valence-corrected chi connectivity index (χ4v) is 3.86. The molecule has 1 saturated carbocycles. The van der Waals surface area contributed by atoms with Crippen LogP contribution in [0.1, 0.15) is 51.6 Å². The van der Waals surface area contributed by atoms with Gasteiger partial charge in [-0.1, -0.05) is 27.2 Å². The molecule has 0 spiro atoms. The van der Waals surface area contributed by atoms with Gasteiger partial charge in [-0.2, -0.15) is 0 Å². The van der Waals surface area contributed by atoms with E-state index in [-0.39, 0.29) is 5.56 Å². The SMILES string of the molecule is CC(C)[C@@H]1CC[C@@H](C)C[C@@H]1c1cc(=O)[nH]c(-c2ccncc2)n1. The smallest absolute Gasteiger partial charge is 0.251 e. The molecule has 23 heavy (non-hydrogen) atoms. The Hall–Kier alpha value is -1.97. The van der Waals surface area contributed by atoms with Gasteiger partial charge < -0.3 is 4.98 Å². The van der Waals surface area contributed by atoms with Gasteiger partial charge in [-0.25, -0.2) is 4.98 Å². The van der Waals surface area contributed by atoms with Crippen molar-refractivity contribution in [3.8, 4) is 11.4 Å². The Labute approximate surface area is 137 Å². The van der Waals surface area contributed by atoms with Gasteiger partial charge in [-0.05, 0) is 42.7 Å². The maximum Gasteiger partial charge on any atom is 0.251 e. The van der Waals surface area contributed by atoms with Crippen LogP contribution in [-0.4, -0.2) is 15.0 Å². The van der Waals surface area contributed by atoms with E-state index in [9.17, 15) is 4.79 Å². The molecule has 0 saturated heterocycles. The predicted molar refractivity (Wildman–Crippen MR) is 92.2 cm³/mol. The summed E-state index contributed by atoms with van der Waals surface area (Å²) in [5.74, 6) is 2.93. The van der Waals surface area contributed by atoms with Crippen LogP contribution >= 0.6 is 0 Å². The highest BCUT2D eigenvalue weighted by Crippen LogP contribution is 2.43. The summed E-state index contributed by atoms with van der Waals surface area (Å²) in [6, 6.07) is 5.46. The van der Waals surface area contributed by atoms with Gasteiger partial charge in [0.05, 0.1) is 5.69 Å². The van der Waals surface area contributed by atoms with E-state index in [1.165, 1.54) is 12.8 Å². The molecule has 1 fully saturated rings. The number of pyridine rings is 1. The summed E-state index contributed by atoms with van der Waals surface area (Å²) in [7, 11) is 0. The average molecular weight is 311 g/mol. The Balaban J connectivity index is 2.01. The average Bonchev–Trinajstić information content (AvgIpc) is 2.54. The highest BCUT2D eigenvalue weighted by Gasteiger charge is 2.33. The first-order valence-corrected chi connectivity index (χ1v) is 8.56. The molecular formula is C19H25N3O. The largest absolute Gasteiger partial charge is 0.307 e. The molecule has 4 nitrogen and oxygen atoms in total. The van der Waals surface area contributed by atoms with Gasteiger partial charge in [-0.15, -0.1) is 0 Å². The fraction of sp³-hybridized carbons (Fsp3) is 0.526. The summed E-state index contributed by atoms with van der Waals surface area (Å²) >= 11 is 0. The molecular weight excluding hydrogens is 286 g/mol. The molecule has 0 aromatic carbocycles. The van der Waals surface area contributed by atoms with Crippen LogP contribution in [0.5, 0.6) is 0 Å². The van der Waals surface area contributed by atoms with Gasteiger partial charge in [-0.3, -0.25) is 9.78 Å². The molecule has 1 aliphatic carbocycles. The van der Waals surface area contributed by atoms with Crippen molar-refractivity contribution < 1.29 is 0 Å². The number of nitrogens with zero attached hydrogens (tertiary/aromatic N) is 2. The second kappa shape index (κ2) is 6.65. The molecule has 0 aliphatic heterocycles. The maximum absolute atomic E-state index is 12.2. The normalized spacial score (nSPS) is 24.8. The van der Waals surface area contributed by atoms with E-state index >= 15 is 0 Å². The number of aromatic nitrogens is 3. The van der Waals surface area contributed by atoms with Crippen LogP contribution in [0.4, 0.5) is 0 Å². The third kappa shape index (κ3) is 3.52. The lowest BCUT2D eigenvalue weighted by Crippen LogP contribution is -2.28. The van der Waals surface area contributed by atoms with Crippen LogP contribution in [0.3, 0.4) is 0 Å². The summed E-state index contributed by atoms with van der Waals surface area (Å²) in [4.78, 5) is 23.9. The molecule has 4 heteroatoms. The van der Waals surface area contributed by atoms with Crippen LogP contribution in [0.15, 0.2) is 35.4 Å². The van der Waals surface area contributed by atoms with Crippen molar-refractivity contribution >= 4 is 0 Å². The second-order valence-corrected chi connectivity index (χ2v) is 7.19. The van der Waals surface area contributed by atoms with E-state index in [2.05, 4.69) is 30.7 Å². The maximum atomic E-state index is 12.2. The summed E-state index contributed by atoms with van der Waals surface area (Å²) in [5.41, 5.74) is 1.79. The minimum atomic E-state index is -0.0671. The van der Waals surface area contributed by atoms with Crippen LogP contribution in [0, 0.1) is 17.8 Å². The van der Waals surface area contributed by atoms with E-state index in [0.717, 1.165) is 17.7 Å². The Morgan fingerprint density at radius 3 is 2.65 bits per heavy atom. The topological polar surface area (TPSA) is 58.6 Å². The van der Waals surface area contributed by atoms with Crippen LogP contribution in [-0.2, 0) is 0 Å². The van der Waals surface area contributed by atoms with Gasteiger partial charge in [0.15, 0.2) is 0 Å². The zero-order chi connectivity index (χ0) is 16.4. The van der Waals surface area contributed by atoms with Crippen molar-refractivity contribution in [3.63, 3.8) is 0 Å². The molecule has 1 N–H and O–H groups in total. The lowest BCUT2D eigenvalue weighted by Gasteiger charge is -2.37. The minimum Gasteiger partial charge on any atom is -0.307 e. The molecule has 122 valence electrons. The van der Waals surface area contributed by atoms with E-state index in [0.29, 0.717) is 29.5 Å². The lowest BCUT2D eigenvalue weighted by molar-refractivity contribution is 0.194. The first-order chi connectivity index (χ1) is 11.0. The predicted octanol–water partition coefficient (Wildman–Crippen LogP) is 4.01. The summed E-state index contributed by atoms with van der Waals surface area (Å²) in [6.45, 7) is 6.87. The summed E-state index contributed by atoms with van der Waals surface area (Å²) in [5, 5.41) is 0. The molecule has 1 aliphatic rings. The van der Waals surface area contributed by atoms with E-state index in [1.807, 2.05) is 12.1 Å². The molecule has 2 aromatic heterocycles. The molecule has 2 heterocycles. The molecule has 0 bridgehead atoms. The van der Waals surface area contributed by atoms with Crippen LogP contribution in [0.2, 0.25) is 0 Å². The van der Waals surface area contributed by atoms with E-state index in [4.69, 9.17) is 4.98 Å². The van der Waals surface area contributed by atoms with Crippen LogP contribution < -0.4 is 5.56 Å². The number of H-pyrrole nitrogens is 1. The van der Waals surface area contributed by atoms with Gasteiger partial charge in [0, 0.05) is 29.9 Å². The Kier molecular flexibility index (Phi) is 4.60. The van der Waals surface area contributed by atoms with Crippen molar-refractivity contribution in [1.82, 2.24) is 15.0 Å². The second-order valence-electron chi connectivity index (χ2n) is 7.19. The van der Waals surface area contributed by atoms with Crippen molar-refractivity contribution in [2.75, 3.05) is 0 Å². The van der Waals surface area contributed by atoms with Gasteiger partial charge in [0.2, 0.25) is 0 Å². The molecule has 2 aromatic rings. The third-order valence-electron chi connectivity index (χ3n) is 5.12. The summed E-state index contributed by atoms with van der Waals surface area (Å²) in [6.07, 6.45) is 7.07. The zero-order valence-corrected chi connectivity index (χ0v) is 14.1. The number of aromatic amines is 1. The quantitative estimate of drug-likeness (QED) is 0.931. The standard InChI is InChI=1S/C19H25N3O/c1-12(2)15-5-4-13(3)10-16(15)17-11-18(23)22-19(21-17)14-6-8-20-9-7-14/h6-9,11-13,15-16H,4-5,10H2,1-3H3,(H,21,22,23)/t13-,15+,16+/m1/s1. The number of hydrogen-bond acceptors (Lipinski definition) is 3. The monoisotopic (exact) mass is 311 g/mol. The Morgan fingerprint density at radius 1 is 1.22 bits per heavy atom. The first kappa shape index (κ1) is 15.9. The van der Waals surface area contributed by atoms with Crippen molar-refractivity contribution in [2.24, 2.45) is 17.8 Å². The van der Waals surface area contributed by atoms with Crippen molar-refractivity contribution in [1.29, 1.82) is 0 Å². The molecule has 0 radical (unpaired) electrons.